The molecule has 2 aromatic rings. The number of nitrogens with two attached hydrogens (primary N) is 1. The van der Waals surface area contributed by atoms with Crippen LogP contribution in [-0.2, 0) is 20.4 Å². The first-order valence-corrected chi connectivity index (χ1v) is 11.3. The van der Waals surface area contributed by atoms with Crippen LogP contribution in [0.1, 0.15) is 23.0 Å². The van der Waals surface area contributed by atoms with E-state index < -0.39 is 44.3 Å². The molecule has 2 atom stereocenters. The number of hydrogen-bond acceptors (Lipinski definition) is 7. The van der Waals surface area contributed by atoms with Gasteiger partial charge in [0.15, 0.2) is 0 Å². The van der Waals surface area contributed by atoms with Gasteiger partial charge in [-0.15, -0.1) is 0 Å². The van der Waals surface area contributed by atoms with Crippen LogP contribution in [0.3, 0.4) is 0 Å². The summed E-state index contributed by atoms with van der Waals surface area (Å²) in [6.45, 7) is 0.861. The highest BCUT2D eigenvalue weighted by atomic mass is 32.2. The van der Waals surface area contributed by atoms with E-state index in [1.807, 2.05) is 0 Å². The number of benzene rings is 1. The average Bonchev–Trinajstić information content (AvgIpc) is 3.16. The number of hydrogen-bond donors (Lipinski definition) is 2. The van der Waals surface area contributed by atoms with Crippen LogP contribution in [0.5, 0.6) is 0 Å². The van der Waals surface area contributed by atoms with Gasteiger partial charge in [-0.2, -0.15) is 0 Å². The predicted octanol–water partition coefficient (Wildman–Crippen LogP) is 0.628. The van der Waals surface area contributed by atoms with Crippen LogP contribution in [0.4, 0.5) is 14.5 Å². The zero-order valence-corrected chi connectivity index (χ0v) is 18.4. The second-order valence-electron chi connectivity index (χ2n) is 7.81. The Balaban J connectivity index is 1.80. The number of carbonyl (C=O) groups is 2. The second kappa shape index (κ2) is 7.76. The van der Waals surface area contributed by atoms with E-state index in [-0.39, 0.29) is 36.0 Å². The highest BCUT2D eigenvalue weighted by Gasteiger charge is 2.60. The molecule has 1 saturated heterocycles. The summed E-state index contributed by atoms with van der Waals surface area (Å²) in [5.41, 5.74) is 4.08. The Bertz CT molecular complexity index is 1280. The van der Waals surface area contributed by atoms with Crippen LogP contribution in [0.25, 0.3) is 0 Å². The summed E-state index contributed by atoms with van der Waals surface area (Å²) in [5.74, 6) is -2.82. The van der Waals surface area contributed by atoms with Crippen molar-refractivity contribution in [3.63, 3.8) is 0 Å². The van der Waals surface area contributed by atoms with E-state index in [2.05, 4.69) is 15.3 Å². The monoisotopic (exact) mass is 478 g/mol. The van der Waals surface area contributed by atoms with Gasteiger partial charge in [0.1, 0.15) is 28.1 Å². The summed E-state index contributed by atoms with van der Waals surface area (Å²) < 4.78 is 55.3. The standard InChI is InChI=1S/C20H20F2N6O4S/c1-11(29)28-9-17-20(10-28,26-19(23)27(2)33(17,31)32)14-7-13(4-5-15(14)22)25-18(30)16-6-3-12(21)8-24-16/h3-8,17H,9-10H2,1-2H3,(H2,23,26)(H,25,30). The number of rotatable bonds is 3. The van der Waals surface area contributed by atoms with Crippen molar-refractivity contribution in [2.75, 3.05) is 25.5 Å². The average molecular weight is 478 g/mol. The molecule has 0 spiro atoms. The van der Waals surface area contributed by atoms with Gasteiger partial charge in [-0.1, -0.05) is 0 Å². The molecule has 13 heteroatoms. The first-order chi connectivity index (χ1) is 15.5. The molecule has 2 amide bonds. The van der Waals surface area contributed by atoms with Crippen molar-refractivity contribution < 1.29 is 26.8 Å². The van der Waals surface area contributed by atoms with Gasteiger partial charge in [-0.05, 0) is 30.3 Å². The van der Waals surface area contributed by atoms with Crippen LogP contribution in [-0.4, -0.2) is 65.8 Å². The van der Waals surface area contributed by atoms with Crippen molar-refractivity contribution in [2.45, 2.75) is 17.7 Å². The highest BCUT2D eigenvalue weighted by molar-refractivity contribution is 7.90. The molecule has 174 valence electrons. The number of halogens is 2. The largest absolute Gasteiger partial charge is 0.369 e. The summed E-state index contributed by atoms with van der Waals surface area (Å²) in [7, 11) is -2.84. The number of sulfonamides is 1. The zero-order valence-electron chi connectivity index (χ0n) is 17.6. The number of aromatic nitrogens is 1. The third kappa shape index (κ3) is 3.67. The van der Waals surface area contributed by atoms with E-state index in [0.29, 0.717) is 0 Å². The Labute approximate surface area is 188 Å². The minimum atomic E-state index is -4.08. The topological polar surface area (TPSA) is 138 Å². The van der Waals surface area contributed by atoms with Gasteiger partial charge < -0.3 is 16.0 Å². The molecule has 0 radical (unpaired) electrons. The molecule has 4 rings (SSSR count). The van der Waals surface area contributed by atoms with E-state index in [0.717, 1.165) is 22.6 Å². The number of guanidine groups is 1. The summed E-state index contributed by atoms with van der Waals surface area (Å²) in [6.07, 6.45) is 0.879. The summed E-state index contributed by atoms with van der Waals surface area (Å²) >= 11 is 0. The van der Waals surface area contributed by atoms with Gasteiger partial charge in [-0.3, -0.25) is 9.59 Å². The summed E-state index contributed by atoms with van der Waals surface area (Å²) in [6, 6.07) is 5.84. The molecule has 1 fully saturated rings. The van der Waals surface area contributed by atoms with Crippen LogP contribution < -0.4 is 11.1 Å². The number of fused-ring (bicyclic) bond motifs is 1. The van der Waals surface area contributed by atoms with E-state index in [9.17, 15) is 22.4 Å². The number of anilines is 1. The van der Waals surface area contributed by atoms with E-state index in [4.69, 9.17) is 5.73 Å². The minimum Gasteiger partial charge on any atom is -0.369 e. The highest BCUT2D eigenvalue weighted by Crippen LogP contribution is 2.45. The summed E-state index contributed by atoms with van der Waals surface area (Å²) in [4.78, 5) is 33.8. The quantitative estimate of drug-likeness (QED) is 0.664. The third-order valence-electron chi connectivity index (χ3n) is 5.82. The van der Waals surface area contributed by atoms with Crippen LogP contribution in [0, 0.1) is 11.6 Å². The van der Waals surface area contributed by atoms with Crippen LogP contribution in [0.2, 0.25) is 0 Å². The third-order valence-corrected chi connectivity index (χ3v) is 8.03. The molecule has 2 aliphatic rings. The smallest absolute Gasteiger partial charge is 0.274 e. The number of likely N-dealkylation sites (tertiary alicyclic amines) is 1. The Morgan fingerprint density at radius 2 is 1.97 bits per heavy atom. The predicted molar refractivity (Wildman–Crippen MR) is 115 cm³/mol. The molecule has 3 N–H and O–H groups in total. The molecule has 3 heterocycles. The lowest BCUT2D eigenvalue weighted by molar-refractivity contribution is -0.128. The normalized spacial score (nSPS) is 23.6. The van der Waals surface area contributed by atoms with Crippen molar-refractivity contribution >= 4 is 33.5 Å². The Morgan fingerprint density at radius 3 is 2.61 bits per heavy atom. The minimum absolute atomic E-state index is 0.0777. The first kappa shape index (κ1) is 22.6. The molecule has 1 aromatic carbocycles. The number of carbonyl (C=O) groups excluding carboxylic acids is 2. The maximum absolute atomic E-state index is 15.1. The number of amides is 2. The molecule has 0 aliphatic carbocycles. The van der Waals surface area contributed by atoms with Crippen molar-refractivity contribution in [1.29, 1.82) is 0 Å². The van der Waals surface area contributed by atoms with E-state index in [1.54, 1.807) is 0 Å². The molecule has 2 unspecified atom stereocenters. The maximum Gasteiger partial charge on any atom is 0.274 e. The SMILES string of the molecule is CC(=O)N1CC2C(c3cc(NC(=O)c4ccc(F)cn4)ccc3F)(C1)N=C(N)N(C)S2(=O)=O. The van der Waals surface area contributed by atoms with Crippen molar-refractivity contribution in [3.05, 3.63) is 59.4 Å². The van der Waals surface area contributed by atoms with Crippen molar-refractivity contribution in [3.8, 4) is 0 Å². The van der Waals surface area contributed by atoms with Crippen LogP contribution in [0.15, 0.2) is 41.5 Å². The Kier molecular flexibility index (Phi) is 5.31. The molecule has 0 saturated carbocycles. The van der Waals surface area contributed by atoms with E-state index >= 15 is 4.39 Å². The molecule has 33 heavy (non-hydrogen) atoms. The van der Waals surface area contributed by atoms with Gasteiger partial charge in [0.25, 0.3) is 5.91 Å². The number of nitrogens with one attached hydrogen (secondary N) is 1. The zero-order chi connectivity index (χ0) is 24.1. The van der Waals surface area contributed by atoms with E-state index in [1.165, 1.54) is 37.1 Å². The van der Waals surface area contributed by atoms with Gasteiger partial charge in [-0.25, -0.2) is 31.5 Å². The Morgan fingerprint density at radius 1 is 1.24 bits per heavy atom. The molecular formula is C20H20F2N6O4S. The molecule has 2 aliphatic heterocycles. The lowest BCUT2D eigenvalue weighted by atomic mass is 9.88. The fourth-order valence-electron chi connectivity index (χ4n) is 4.05. The first-order valence-electron chi connectivity index (χ1n) is 9.77. The van der Waals surface area contributed by atoms with Crippen LogP contribution >= 0.6 is 0 Å². The molecule has 1 aromatic heterocycles. The molecule has 0 bridgehead atoms. The fourth-order valence-corrected chi connectivity index (χ4v) is 5.85. The van der Waals surface area contributed by atoms with Gasteiger partial charge in [0.05, 0.1) is 12.7 Å². The number of nitrogens with zero attached hydrogens (tertiary/aromatic N) is 4. The Hall–Kier alpha value is -3.61. The van der Waals surface area contributed by atoms with Crippen molar-refractivity contribution in [1.82, 2.24) is 14.2 Å². The molecular weight excluding hydrogens is 458 g/mol. The number of aliphatic imine (C=N–C) groups is 1. The summed E-state index contributed by atoms with van der Waals surface area (Å²) in [5, 5.41) is 1.24. The van der Waals surface area contributed by atoms with Gasteiger partial charge in [0, 0.05) is 31.8 Å². The lowest BCUT2D eigenvalue weighted by Crippen LogP contribution is -2.57. The maximum atomic E-state index is 15.1. The number of pyridine rings is 1. The van der Waals surface area contributed by atoms with Crippen molar-refractivity contribution in [2.24, 2.45) is 10.7 Å². The van der Waals surface area contributed by atoms with Gasteiger partial charge >= 0.3 is 0 Å². The second-order valence-corrected chi connectivity index (χ2v) is 9.95. The lowest BCUT2D eigenvalue weighted by Gasteiger charge is -2.38. The van der Waals surface area contributed by atoms with Gasteiger partial charge in [0.2, 0.25) is 21.9 Å². The fraction of sp³-hybridized carbons (Fsp3) is 0.300. The molecule has 10 nitrogen and oxygen atoms in total.